The quantitative estimate of drug-likeness (QED) is 0.613. The Morgan fingerprint density at radius 2 is 2.29 bits per heavy atom. The van der Waals surface area contributed by atoms with E-state index in [4.69, 9.17) is 5.11 Å². The zero-order valence-electron chi connectivity index (χ0n) is 10.7. The number of halogens is 1. The zero-order valence-corrected chi connectivity index (χ0v) is 13.1. The molecule has 0 aliphatic rings. The number of thiazole rings is 1. The number of aromatic carboxylic acids is 1. The van der Waals surface area contributed by atoms with Gasteiger partial charge in [0.25, 0.3) is 5.69 Å². The maximum Gasteiger partial charge on any atom is 0.355 e. The lowest BCUT2D eigenvalue weighted by Gasteiger charge is -2.13. The van der Waals surface area contributed by atoms with Gasteiger partial charge in [-0.1, -0.05) is 15.9 Å². The molecule has 0 bridgehead atoms. The predicted molar refractivity (Wildman–Crippen MR) is 81.9 cm³/mol. The first-order valence-electron chi connectivity index (χ1n) is 5.77. The van der Waals surface area contributed by atoms with Crippen molar-refractivity contribution >= 4 is 44.6 Å². The summed E-state index contributed by atoms with van der Waals surface area (Å²) in [6.45, 7) is 1.76. The minimum Gasteiger partial charge on any atom is -0.476 e. The van der Waals surface area contributed by atoms with Gasteiger partial charge in [0, 0.05) is 15.9 Å². The number of carbonyl (C=O) groups is 1. The minimum atomic E-state index is -1.10. The molecule has 1 aromatic carbocycles. The summed E-state index contributed by atoms with van der Waals surface area (Å²) in [5.41, 5.74) is 0.251. The lowest BCUT2D eigenvalue weighted by Crippen LogP contribution is -2.09. The highest BCUT2D eigenvalue weighted by Gasteiger charge is 2.19. The van der Waals surface area contributed by atoms with Crippen LogP contribution in [0, 0.1) is 10.1 Å². The summed E-state index contributed by atoms with van der Waals surface area (Å²) >= 11 is 4.45. The second-order valence-electron chi connectivity index (χ2n) is 4.16. The van der Waals surface area contributed by atoms with Crippen molar-refractivity contribution in [3.63, 3.8) is 0 Å². The molecule has 0 radical (unpaired) electrons. The van der Waals surface area contributed by atoms with Crippen LogP contribution in [0.3, 0.4) is 0 Å². The largest absolute Gasteiger partial charge is 0.476 e. The maximum atomic E-state index is 11.0. The number of hydrogen-bond acceptors (Lipinski definition) is 6. The van der Waals surface area contributed by atoms with Gasteiger partial charge in [0.15, 0.2) is 5.69 Å². The van der Waals surface area contributed by atoms with Crippen LogP contribution in [0.2, 0.25) is 0 Å². The Labute approximate surface area is 131 Å². The van der Waals surface area contributed by atoms with E-state index in [1.165, 1.54) is 22.8 Å². The number of nitro benzene ring substituents is 1. The van der Waals surface area contributed by atoms with Crippen LogP contribution in [0.5, 0.6) is 0 Å². The van der Waals surface area contributed by atoms with E-state index in [0.717, 1.165) is 0 Å². The Hall–Kier alpha value is -2.00. The van der Waals surface area contributed by atoms with Crippen molar-refractivity contribution in [3.8, 4) is 0 Å². The number of anilines is 1. The van der Waals surface area contributed by atoms with Crippen molar-refractivity contribution in [2.45, 2.75) is 13.0 Å². The van der Waals surface area contributed by atoms with Gasteiger partial charge in [-0.25, -0.2) is 9.78 Å². The van der Waals surface area contributed by atoms with E-state index in [-0.39, 0.29) is 17.4 Å². The molecule has 0 saturated heterocycles. The smallest absolute Gasteiger partial charge is 0.355 e. The van der Waals surface area contributed by atoms with E-state index in [2.05, 4.69) is 26.2 Å². The molecule has 21 heavy (non-hydrogen) atoms. The number of carboxylic acids is 1. The summed E-state index contributed by atoms with van der Waals surface area (Å²) in [6.07, 6.45) is 0. The molecule has 0 amide bonds. The maximum absolute atomic E-state index is 11.0. The number of benzene rings is 1. The van der Waals surface area contributed by atoms with E-state index in [0.29, 0.717) is 15.2 Å². The van der Waals surface area contributed by atoms with Crippen molar-refractivity contribution in [1.29, 1.82) is 0 Å². The Bertz CT molecular complexity index is 704. The minimum absolute atomic E-state index is 0.0348. The molecule has 7 nitrogen and oxygen atoms in total. The highest BCUT2D eigenvalue weighted by atomic mass is 79.9. The molecule has 0 saturated carbocycles. The van der Waals surface area contributed by atoms with Gasteiger partial charge in [0.2, 0.25) is 0 Å². The standard InChI is InChI=1S/C12H10BrN3O4S/c1-6(11-15-9(5-21-11)12(17)18)14-8-4-7(13)2-3-10(8)16(19)20/h2-6,14H,1H3,(H,17,18). The summed E-state index contributed by atoms with van der Waals surface area (Å²) in [7, 11) is 0. The van der Waals surface area contributed by atoms with Crippen molar-refractivity contribution in [3.05, 3.63) is 48.9 Å². The van der Waals surface area contributed by atoms with Crippen LogP contribution in [0.1, 0.15) is 28.5 Å². The Kier molecular flexibility index (Phi) is 4.53. The van der Waals surface area contributed by atoms with Crippen LogP contribution in [-0.2, 0) is 0 Å². The van der Waals surface area contributed by atoms with Crippen molar-refractivity contribution in [2.75, 3.05) is 5.32 Å². The third-order valence-corrected chi connectivity index (χ3v) is 4.16. The molecule has 1 atom stereocenters. The number of aromatic nitrogens is 1. The lowest BCUT2D eigenvalue weighted by molar-refractivity contribution is -0.384. The molecule has 0 aliphatic carbocycles. The van der Waals surface area contributed by atoms with Crippen LogP contribution < -0.4 is 5.32 Å². The van der Waals surface area contributed by atoms with E-state index in [1.54, 1.807) is 19.1 Å². The SMILES string of the molecule is CC(Nc1cc(Br)ccc1[N+](=O)[O-])c1nc(C(=O)O)cs1. The number of nitrogens with one attached hydrogen (secondary N) is 1. The monoisotopic (exact) mass is 371 g/mol. The molecule has 1 aromatic heterocycles. The summed E-state index contributed by atoms with van der Waals surface area (Å²) in [5, 5.41) is 24.8. The summed E-state index contributed by atoms with van der Waals surface area (Å²) in [5.74, 6) is -1.10. The summed E-state index contributed by atoms with van der Waals surface area (Å²) in [4.78, 5) is 25.3. The first-order chi connectivity index (χ1) is 9.88. The van der Waals surface area contributed by atoms with Gasteiger partial charge in [-0.15, -0.1) is 11.3 Å². The molecule has 0 spiro atoms. The van der Waals surface area contributed by atoms with E-state index in [1.807, 2.05) is 0 Å². The van der Waals surface area contributed by atoms with Gasteiger partial charge in [-0.2, -0.15) is 0 Å². The molecule has 110 valence electrons. The van der Waals surface area contributed by atoms with Crippen LogP contribution in [-0.4, -0.2) is 21.0 Å². The molecule has 1 unspecified atom stereocenters. The van der Waals surface area contributed by atoms with Crippen LogP contribution in [0.25, 0.3) is 0 Å². The Balaban J connectivity index is 2.26. The van der Waals surface area contributed by atoms with Gasteiger partial charge in [-0.3, -0.25) is 10.1 Å². The predicted octanol–water partition coefficient (Wildman–Crippen LogP) is 3.69. The second kappa shape index (κ2) is 6.19. The number of carboxylic acid groups (broad SMARTS) is 1. The van der Waals surface area contributed by atoms with E-state index >= 15 is 0 Å². The molecule has 9 heteroatoms. The van der Waals surface area contributed by atoms with Crippen LogP contribution >= 0.6 is 27.3 Å². The van der Waals surface area contributed by atoms with Gasteiger partial charge in [-0.05, 0) is 19.1 Å². The molecule has 2 N–H and O–H groups in total. The molecule has 0 aliphatic heterocycles. The van der Waals surface area contributed by atoms with Gasteiger partial charge < -0.3 is 10.4 Å². The topological polar surface area (TPSA) is 105 Å². The zero-order chi connectivity index (χ0) is 15.6. The van der Waals surface area contributed by atoms with Crippen molar-refractivity contribution in [2.24, 2.45) is 0 Å². The molecule has 2 rings (SSSR count). The number of rotatable bonds is 5. The highest BCUT2D eigenvalue weighted by Crippen LogP contribution is 2.31. The van der Waals surface area contributed by atoms with Gasteiger partial charge in [0.1, 0.15) is 10.7 Å². The second-order valence-corrected chi connectivity index (χ2v) is 5.97. The van der Waals surface area contributed by atoms with Crippen LogP contribution in [0.4, 0.5) is 11.4 Å². The molecular formula is C12H10BrN3O4S. The summed E-state index contributed by atoms with van der Waals surface area (Å²) in [6, 6.07) is 4.22. The first-order valence-corrected chi connectivity index (χ1v) is 7.45. The van der Waals surface area contributed by atoms with Gasteiger partial charge >= 0.3 is 5.97 Å². The average molecular weight is 372 g/mol. The number of nitrogens with zero attached hydrogens (tertiary/aromatic N) is 2. The normalized spacial score (nSPS) is 11.9. The van der Waals surface area contributed by atoms with Crippen LogP contribution in [0.15, 0.2) is 28.1 Å². The first kappa shape index (κ1) is 15.4. The fraction of sp³-hybridized carbons (Fsp3) is 0.167. The third-order valence-electron chi connectivity index (χ3n) is 2.64. The molecular weight excluding hydrogens is 362 g/mol. The molecule has 1 heterocycles. The summed E-state index contributed by atoms with van der Waals surface area (Å²) < 4.78 is 0.702. The number of hydrogen-bond donors (Lipinski definition) is 2. The highest BCUT2D eigenvalue weighted by molar-refractivity contribution is 9.10. The third kappa shape index (κ3) is 3.56. The van der Waals surface area contributed by atoms with Gasteiger partial charge in [0.05, 0.1) is 11.0 Å². The van der Waals surface area contributed by atoms with Crippen molar-refractivity contribution < 1.29 is 14.8 Å². The number of nitro groups is 1. The fourth-order valence-corrected chi connectivity index (χ4v) is 2.82. The van der Waals surface area contributed by atoms with E-state index in [9.17, 15) is 14.9 Å². The fourth-order valence-electron chi connectivity index (χ4n) is 1.66. The molecule has 2 aromatic rings. The Morgan fingerprint density at radius 1 is 1.57 bits per heavy atom. The van der Waals surface area contributed by atoms with Crippen molar-refractivity contribution in [1.82, 2.24) is 4.98 Å². The lowest BCUT2D eigenvalue weighted by atomic mass is 10.2. The molecule has 0 fully saturated rings. The van der Waals surface area contributed by atoms with E-state index < -0.39 is 10.9 Å². The Morgan fingerprint density at radius 3 is 2.86 bits per heavy atom. The average Bonchev–Trinajstić information content (AvgIpc) is 2.88.